The monoisotopic (exact) mass is 414 g/mol. The van der Waals surface area contributed by atoms with Crippen molar-refractivity contribution in [3.8, 4) is 0 Å². The molecule has 144 valence electrons. The van der Waals surface area contributed by atoms with E-state index in [1.807, 2.05) is 26.0 Å². The summed E-state index contributed by atoms with van der Waals surface area (Å²) in [6, 6.07) is 18.0. The van der Waals surface area contributed by atoms with E-state index >= 15 is 0 Å². The highest BCUT2D eigenvalue weighted by Crippen LogP contribution is 2.24. The number of benzene rings is 3. The van der Waals surface area contributed by atoms with Crippen LogP contribution in [0.4, 0.5) is 11.4 Å². The molecule has 0 saturated carbocycles. The molecule has 0 spiro atoms. The molecule has 0 aliphatic carbocycles. The molecule has 0 radical (unpaired) electrons. The van der Waals surface area contributed by atoms with E-state index in [2.05, 4.69) is 10.0 Å². The van der Waals surface area contributed by atoms with E-state index in [4.69, 9.17) is 11.6 Å². The lowest BCUT2D eigenvalue weighted by atomic mass is 10.1. The van der Waals surface area contributed by atoms with Crippen molar-refractivity contribution >= 4 is 38.9 Å². The van der Waals surface area contributed by atoms with Crippen molar-refractivity contribution in [2.75, 3.05) is 10.0 Å². The highest BCUT2D eigenvalue weighted by Gasteiger charge is 2.16. The summed E-state index contributed by atoms with van der Waals surface area (Å²) in [5, 5.41) is 3.34. The number of amides is 1. The molecular formula is C21H19ClN2O3S. The first-order valence-electron chi connectivity index (χ1n) is 8.52. The van der Waals surface area contributed by atoms with Gasteiger partial charge >= 0.3 is 0 Å². The average Bonchev–Trinajstić information content (AvgIpc) is 2.67. The van der Waals surface area contributed by atoms with Crippen molar-refractivity contribution in [1.82, 2.24) is 0 Å². The van der Waals surface area contributed by atoms with Crippen LogP contribution >= 0.6 is 11.6 Å². The van der Waals surface area contributed by atoms with Crippen LogP contribution in [0.2, 0.25) is 5.02 Å². The minimum absolute atomic E-state index is 0.0727. The zero-order valence-corrected chi connectivity index (χ0v) is 16.9. The van der Waals surface area contributed by atoms with Gasteiger partial charge in [0.05, 0.1) is 4.90 Å². The van der Waals surface area contributed by atoms with Crippen molar-refractivity contribution in [1.29, 1.82) is 0 Å². The summed E-state index contributed by atoms with van der Waals surface area (Å²) in [4.78, 5) is 12.5. The Bertz CT molecular complexity index is 1110. The number of carbonyl (C=O) groups is 1. The van der Waals surface area contributed by atoms with Gasteiger partial charge in [-0.25, -0.2) is 8.42 Å². The van der Waals surface area contributed by atoms with Gasteiger partial charge in [-0.1, -0.05) is 35.4 Å². The van der Waals surface area contributed by atoms with Crippen LogP contribution in [0.3, 0.4) is 0 Å². The second-order valence-electron chi connectivity index (χ2n) is 6.36. The van der Waals surface area contributed by atoms with Gasteiger partial charge < -0.3 is 5.32 Å². The van der Waals surface area contributed by atoms with E-state index in [1.54, 1.807) is 30.3 Å². The summed E-state index contributed by atoms with van der Waals surface area (Å²) in [6.07, 6.45) is 0. The SMILES string of the molecule is Cc1ccc(NS(=O)(=O)c2ccc(C(=O)Nc3cccc(Cl)c3C)cc2)cc1. The van der Waals surface area contributed by atoms with Gasteiger partial charge in [-0.15, -0.1) is 0 Å². The second kappa shape index (κ2) is 8.04. The molecule has 3 aromatic rings. The molecule has 2 N–H and O–H groups in total. The second-order valence-corrected chi connectivity index (χ2v) is 8.45. The fourth-order valence-electron chi connectivity index (χ4n) is 2.56. The van der Waals surface area contributed by atoms with E-state index in [-0.39, 0.29) is 10.8 Å². The predicted molar refractivity (Wildman–Crippen MR) is 113 cm³/mol. The van der Waals surface area contributed by atoms with Gasteiger partial charge in [0.15, 0.2) is 0 Å². The molecule has 0 fully saturated rings. The van der Waals surface area contributed by atoms with Gasteiger partial charge in [0.1, 0.15) is 0 Å². The van der Waals surface area contributed by atoms with Crippen molar-refractivity contribution in [2.24, 2.45) is 0 Å². The first-order valence-corrected chi connectivity index (χ1v) is 10.4. The molecule has 7 heteroatoms. The van der Waals surface area contributed by atoms with Crippen LogP contribution in [0.15, 0.2) is 71.6 Å². The Morgan fingerprint density at radius 1 is 0.893 bits per heavy atom. The number of nitrogens with one attached hydrogen (secondary N) is 2. The van der Waals surface area contributed by atoms with E-state index < -0.39 is 10.0 Å². The zero-order valence-electron chi connectivity index (χ0n) is 15.4. The van der Waals surface area contributed by atoms with Crippen molar-refractivity contribution in [3.05, 3.63) is 88.4 Å². The van der Waals surface area contributed by atoms with Crippen LogP contribution in [-0.4, -0.2) is 14.3 Å². The average molecular weight is 415 g/mol. The molecule has 0 saturated heterocycles. The van der Waals surface area contributed by atoms with Crippen molar-refractivity contribution in [3.63, 3.8) is 0 Å². The number of hydrogen-bond acceptors (Lipinski definition) is 3. The summed E-state index contributed by atoms with van der Waals surface area (Å²) >= 11 is 6.06. The minimum atomic E-state index is -3.74. The number of aryl methyl sites for hydroxylation is 1. The summed E-state index contributed by atoms with van der Waals surface area (Å²) in [5.41, 5.74) is 3.22. The number of carbonyl (C=O) groups excluding carboxylic acids is 1. The largest absolute Gasteiger partial charge is 0.322 e. The van der Waals surface area contributed by atoms with Crippen LogP contribution in [0.1, 0.15) is 21.5 Å². The number of rotatable bonds is 5. The normalized spacial score (nSPS) is 11.1. The van der Waals surface area contributed by atoms with Gasteiger partial charge in [0.2, 0.25) is 0 Å². The zero-order chi connectivity index (χ0) is 20.3. The molecule has 0 aliphatic rings. The summed E-state index contributed by atoms with van der Waals surface area (Å²) < 4.78 is 27.5. The highest BCUT2D eigenvalue weighted by atomic mass is 35.5. The van der Waals surface area contributed by atoms with Crippen LogP contribution in [0.25, 0.3) is 0 Å². The maximum Gasteiger partial charge on any atom is 0.261 e. The van der Waals surface area contributed by atoms with Crippen LogP contribution in [0.5, 0.6) is 0 Å². The third-order valence-corrected chi connectivity index (χ3v) is 6.05. The lowest BCUT2D eigenvalue weighted by Gasteiger charge is -2.11. The van der Waals surface area contributed by atoms with E-state index in [0.29, 0.717) is 22.0 Å². The van der Waals surface area contributed by atoms with Gasteiger partial charge in [0.25, 0.3) is 15.9 Å². The molecule has 28 heavy (non-hydrogen) atoms. The molecule has 3 aromatic carbocycles. The molecule has 3 rings (SSSR count). The summed E-state index contributed by atoms with van der Waals surface area (Å²) in [7, 11) is -3.74. The van der Waals surface area contributed by atoms with Gasteiger partial charge in [-0.05, 0) is 67.9 Å². The molecule has 1 amide bonds. The molecule has 0 atom stereocenters. The number of halogens is 1. The maximum absolute atomic E-state index is 12.5. The third kappa shape index (κ3) is 4.52. The first kappa shape index (κ1) is 19.9. The first-order chi connectivity index (χ1) is 13.3. The molecule has 0 unspecified atom stereocenters. The Balaban J connectivity index is 1.76. The maximum atomic E-state index is 12.5. The van der Waals surface area contributed by atoms with Crippen molar-refractivity contribution in [2.45, 2.75) is 18.7 Å². The smallest absolute Gasteiger partial charge is 0.261 e. The minimum Gasteiger partial charge on any atom is -0.322 e. The van der Waals surface area contributed by atoms with Crippen LogP contribution in [-0.2, 0) is 10.0 Å². The molecule has 5 nitrogen and oxygen atoms in total. The molecule has 0 bridgehead atoms. The lowest BCUT2D eigenvalue weighted by Crippen LogP contribution is -2.15. The fraction of sp³-hybridized carbons (Fsp3) is 0.0952. The number of hydrogen-bond donors (Lipinski definition) is 2. The van der Waals surface area contributed by atoms with Gasteiger partial charge in [-0.3, -0.25) is 9.52 Å². The van der Waals surface area contributed by atoms with Crippen LogP contribution in [0, 0.1) is 13.8 Å². The van der Waals surface area contributed by atoms with Crippen molar-refractivity contribution < 1.29 is 13.2 Å². The molecule has 0 aliphatic heterocycles. The summed E-state index contributed by atoms with van der Waals surface area (Å²) in [5.74, 6) is -0.346. The number of anilines is 2. The van der Waals surface area contributed by atoms with Gasteiger partial charge in [-0.2, -0.15) is 0 Å². The Labute approximate surface area is 169 Å². The highest BCUT2D eigenvalue weighted by molar-refractivity contribution is 7.92. The molecular weight excluding hydrogens is 396 g/mol. The van der Waals surface area contributed by atoms with Gasteiger partial charge in [0, 0.05) is 22.0 Å². The Morgan fingerprint density at radius 2 is 1.54 bits per heavy atom. The summed E-state index contributed by atoms with van der Waals surface area (Å²) in [6.45, 7) is 3.73. The molecule has 0 heterocycles. The Morgan fingerprint density at radius 3 is 2.18 bits per heavy atom. The Kier molecular flexibility index (Phi) is 5.72. The number of sulfonamides is 1. The third-order valence-electron chi connectivity index (χ3n) is 4.25. The lowest BCUT2D eigenvalue weighted by molar-refractivity contribution is 0.102. The Hall–Kier alpha value is -2.83. The topological polar surface area (TPSA) is 75.3 Å². The molecule has 0 aromatic heterocycles. The quantitative estimate of drug-likeness (QED) is 0.616. The van der Waals surface area contributed by atoms with E-state index in [0.717, 1.165) is 11.1 Å². The van der Waals surface area contributed by atoms with E-state index in [1.165, 1.54) is 24.3 Å². The van der Waals surface area contributed by atoms with E-state index in [9.17, 15) is 13.2 Å². The van der Waals surface area contributed by atoms with Crippen LogP contribution < -0.4 is 10.0 Å². The predicted octanol–water partition coefficient (Wildman–Crippen LogP) is 5.01. The fourth-order valence-corrected chi connectivity index (χ4v) is 3.79. The standard InChI is InChI=1S/C21H19ClN2O3S/c1-14-6-10-17(11-7-14)24-28(26,27)18-12-8-16(9-13-18)21(25)23-20-5-3-4-19(22)15(20)2/h3-13,24H,1-2H3,(H,23,25).